The van der Waals surface area contributed by atoms with Gasteiger partial charge in [-0.2, -0.15) is 0 Å². The van der Waals surface area contributed by atoms with Crippen LogP contribution in [0.2, 0.25) is 0 Å². The minimum absolute atomic E-state index is 0.0188. The molecular formula is C20H35NO2. The SMILES string of the molecule is CC/C=C/C/C=C/C/C=C/CCCCCCCC(=O)NCCO. The number of amides is 1. The summed E-state index contributed by atoms with van der Waals surface area (Å²) in [5.74, 6) is 0.0558. The van der Waals surface area contributed by atoms with Crippen molar-refractivity contribution in [2.24, 2.45) is 0 Å². The Morgan fingerprint density at radius 3 is 2.17 bits per heavy atom. The van der Waals surface area contributed by atoms with Gasteiger partial charge in [-0.25, -0.2) is 0 Å². The molecule has 0 spiro atoms. The molecule has 0 aromatic carbocycles. The maximum atomic E-state index is 11.3. The van der Waals surface area contributed by atoms with Crippen LogP contribution >= 0.6 is 0 Å². The van der Waals surface area contributed by atoms with E-state index in [2.05, 4.69) is 48.7 Å². The molecule has 0 fully saturated rings. The monoisotopic (exact) mass is 321 g/mol. The van der Waals surface area contributed by atoms with Crippen LogP contribution in [0.5, 0.6) is 0 Å². The van der Waals surface area contributed by atoms with Gasteiger partial charge in [-0.05, 0) is 38.5 Å². The van der Waals surface area contributed by atoms with Crippen molar-refractivity contribution in [3.63, 3.8) is 0 Å². The third-order valence-corrected chi connectivity index (χ3v) is 3.49. The van der Waals surface area contributed by atoms with Gasteiger partial charge in [0.15, 0.2) is 0 Å². The van der Waals surface area contributed by atoms with Gasteiger partial charge in [0.05, 0.1) is 6.61 Å². The molecule has 1 amide bonds. The maximum absolute atomic E-state index is 11.3. The predicted molar refractivity (Wildman–Crippen MR) is 99.4 cm³/mol. The topological polar surface area (TPSA) is 49.3 Å². The molecule has 23 heavy (non-hydrogen) atoms. The first kappa shape index (κ1) is 21.6. The zero-order chi connectivity index (χ0) is 17.0. The molecule has 0 bridgehead atoms. The van der Waals surface area contributed by atoms with Crippen molar-refractivity contribution in [1.82, 2.24) is 5.32 Å². The fourth-order valence-corrected chi connectivity index (χ4v) is 2.19. The van der Waals surface area contributed by atoms with Gasteiger partial charge in [-0.1, -0.05) is 62.6 Å². The van der Waals surface area contributed by atoms with Gasteiger partial charge in [0.2, 0.25) is 5.91 Å². The highest BCUT2D eigenvalue weighted by molar-refractivity contribution is 5.75. The van der Waals surface area contributed by atoms with Crippen molar-refractivity contribution >= 4 is 5.91 Å². The quantitative estimate of drug-likeness (QED) is 0.340. The molecule has 0 aliphatic heterocycles. The molecule has 0 rings (SSSR count). The summed E-state index contributed by atoms with van der Waals surface area (Å²) in [6, 6.07) is 0. The van der Waals surface area contributed by atoms with E-state index in [0.717, 1.165) is 38.5 Å². The summed E-state index contributed by atoms with van der Waals surface area (Å²) < 4.78 is 0. The van der Waals surface area contributed by atoms with Crippen LogP contribution in [-0.4, -0.2) is 24.2 Å². The molecule has 0 saturated heterocycles. The number of hydrogen-bond acceptors (Lipinski definition) is 2. The lowest BCUT2D eigenvalue weighted by Gasteiger charge is -2.03. The first-order valence-electron chi connectivity index (χ1n) is 9.13. The van der Waals surface area contributed by atoms with Crippen molar-refractivity contribution < 1.29 is 9.90 Å². The first-order chi connectivity index (χ1) is 11.3. The number of unbranched alkanes of at least 4 members (excludes halogenated alkanes) is 5. The van der Waals surface area contributed by atoms with E-state index in [-0.39, 0.29) is 12.5 Å². The molecule has 0 unspecified atom stereocenters. The molecule has 0 heterocycles. The maximum Gasteiger partial charge on any atom is 0.220 e. The Hall–Kier alpha value is -1.35. The molecule has 132 valence electrons. The number of aliphatic hydroxyl groups excluding tert-OH is 1. The number of aliphatic hydroxyl groups is 1. The van der Waals surface area contributed by atoms with E-state index >= 15 is 0 Å². The zero-order valence-electron chi connectivity index (χ0n) is 14.8. The number of carbonyl (C=O) groups is 1. The van der Waals surface area contributed by atoms with Crippen LogP contribution in [-0.2, 0) is 4.79 Å². The van der Waals surface area contributed by atoms with E-state index in [1.54, 1.807) is 0 Å². The highest BCUT2D eigenvalue weighted by atomic mass is 16.3. The number of allylic oxidation sites excluding steroid dienone is 6. The van der Waals surface area contributed by atoms with Crippen LogP contribution in [0.25, 0.3) is 0 Å². The zero-order valence-corrected chi connectivity index (χ0v) is 14.8. The summed E-state index contributed by atoms with van der Waals surface area (Å²) in [6.07, 6.45) is 24.0. The standard InChI is InChI=1S/C20H35NO2/c1-2-3-4-5-6-7-8-9-10-11-12-13-14-15-16-17-20(23)21-18-19-22/h3-4,6-7,9-10,22H,2,5,8,11-19H2,1H3,(H,21,23)/b4-3+,7-6+,10-9+. The van der Waals surface area contributed by atoms with Gasteiger partial charge in [0, 0.05) is 13.0 Å². The van der Waals surface area contributed by atoms with Crippen molar-refractivity contribution in [3.8, 4) is 0 Å². The lowest BCUT2D eigenvalue weighted by Crippen LogP contribution is -2.25. The van der Waals surface area contributed by atoms with Crippen LogP contribution in [0.4, 0.5) is 0 Å². The van der Waals surface area contributed by atoms with E-state index in [9.17, 15) is 4.79 Å². The van der Waals surface area contributed by atoms with E-state index in [4.69, 9.17) is 5.11 Å². The summed E-state index contributed by atoms with van der Waals surface area (Å²) in [7, 11) is 0. The Labute approximate surface area is 142 Å². The second-order valence-corrected chi connectivity index (χ2v) is 5.67. The van der Waals surface area contributed by atoms with Gasteiger partial charge in [-0.3, -0.25) is 4.79 Å². The summed E-state index contributed by atoms with van der Waals surface area (Å²) >= 11 is 0. The van der Waals surface area contributed by atoms with Crippen molar-refractivity contribution in [1.29, 1.82) is 0 Å². The fraction of sp³-hybridized carbons (Fsp3) is 0.650. The lowest BCUT2D eigenvalue weighted by atomic mass is 10.1. The van der Waals surface area contributed by atoms with Gasteiger partial charge in [0.25, 0.3) is 0 Å². The molecule has 3 nitrogen and oxygen atoms in total. The largest absolute Gasteiger partial charge is 0.395 e. The molecule has 0 aromatic rings. The highest BCUT2D eigenvalue weighted by Gasteiger charge is 1.99. The van der Waals surface area contributed by atoms with Crippen LogP contribution in [0, 0.1) is 0 Å². The third kappa shape index (κ3) is 18.6. The molecule has 0 aliphatic carbocycles. The third-order valence-electron chi connectivity index (χ3n) is 3.49. The van der Waals surface area contributed by atoms with E-state index in [1.807, 2.05) is 0 Å². The Balaban J connectivity index is 3.28. The molecular weight excluding hydrogens is 286 g/mol. The molecule has 0 aromatic heterocycles. The molecule has 0 radical (unpaired) electrons. The summed E-state index contributed by atoms with van der Waals surface area (Å²) in [4.78, 5) is 11.3. The smallest absolute Gasteiger partial charge is 0.220 e. The Bertz CT molecular complexity index is 346. The lowest BCUT2D eigenvalue weighted by molar-refractivity contribution is -0.121. The van der Waals surface area contributed by atoms with E-state index < -0.39 is 0 Å². The van der Waals surface area contributed by atoms with Crippen LogP contribution in [0.1, 0.15) is 71.1 Å². The van der Waals surface area contributed by atoms with Gasteiger partial charge < -0.3 is 10.4 Å². The summed E-state index contributed by atoms with van der Waals surface area (Å²) in [5, 5.41) is 11.3. The van der Waals surface area contributed by atoms with Crippen molar-refractivity contribution in [3.05, 3.63) is 36.5 Å². The van der Waals surface area contributed by atoms with Gasteiger partial charge in [0.1, 0.15) is 0 Å². The molecule has 0 aliphatic rings. The van der Waals surface area contributed by atoms with Gasteiger partial charge in [-0.15, -0.1) is 0 Å². The predicted octanol–water partition coefficient (Wildman–Crippen LogP) is 4.68. The fourth-order valence-electron chi connectivity index (χ4n) is 2.19. The molecule has 0 atom stereocenters. The number of nitrogens with one attached hydrogen (secondary N) is 1. The van der Waals surface area contributed by atoms with Crippen LogP contribution in [0.3, 0.4) is 0 Å². The highest BCUT2D eigenvalue weighted by Crippen LogP contribution is 2.07. The summed E-state index contributed by atoms with van der Waals surface area (Å²) in [6.45, 7) is 2.54. The summed E-state index contributed by atoms with van der Waals surface area (Å²) in [5.41, 5.74) is 0. The van der Waals surface area contributed by atoms with Crippen molar-refractivity contribution in [2.75, 3.05) is 13.2 Å². The minimum Gasteiger partial charge on any atom is -0.395 e. The van der Waals surface area contributed by atoms with E-state index in [0.29, 0.717) is 13.0 Å². The van der Waals surface area contributed by atoms with Crippen LogP contribution < -0.4 is 5.32 Å². The van der Waals surface area contributed by atoms with Crippen molar-refractivity contribution in [2.45, 2.75) is 71.1 Å². The van der Waals surface area contributed by atoms with E-state index in [1.165, 1.54) is 19.3 Å². The molecule has 3 heteroatoms. The Morgan fingerprint density at radius 2 is 1.48 bits per heavy atom. The molecule has 0 saturated carbocycles. The average molecular weight is 322 g/mol. The normalized spacial score (nSPS) is 11.9. The van der Waals surface area contributed by atoms with Gasteiger partial charge >= 0.3 is 0 Å². The Morgan fingerprint density at radius 1 is 0.870 bits per heavy atom. The average Bonchev–Trinajstić information content (AvgIpc) is 2.56. The second kappa shape index (κ2) is 18.7. The number of hydrogen-bond donors (Lipinski definition) is 2. The van der Waals surface area contributed by atoms with Crippen LogP contribution in [0.15, 0.2) is 36.5 Å². The Kier molecular flexibility index (Phi) is 17.6. The minimum atomic E-state index is 0.0188. The number of rotatable bonds is 15. The molecule has 2 N–H and O–H groups in total. The first-order valence-corrected chi connectivity index (χ1v) is 9.13. The second-order valence-electron chi connectivity index (χ2n) is 5.67. The number of carbonyl (C=O) groups excluding carboxylic acids is 1.